The number of nitrogens with zero attached hydrogens (tertiary/aromatic N) is 1. The van der Waals surface area contributed by atoms with Crippen LogP contribution >= 0.6 is 11.6 Å². The van der Waals surface area contributed by atoms with Gasteiger partial charge < -0.3 is 5.32 Å². The molecule has 1 aliphatic rings. The number of anilines is 1. The van der Waals surface area contributed by atoms with Gasteiger partial charge in [0.1, 0.15) is 5.82 Å². The van der Waals surface area contributed by atoms with Gasteiger partial charge in [0.2, 0.25) is 0 Å². The van der Waals surface area contributed by atoms with E-state index in [-0.39, 0.29) is 0 Å². The molecule has 0 spiro atoms. The predicted octanol–water partition coefficient (Wildman–Crippen LogP) is 2.56. The quantitative estimate of drug-likeness (QED) is 0.777. The van der Waals surface area contributed by atoms with Crippen LogP contribution < -0.4 is 5.32 Å². The molecule has 0 saturated heterocycles. The first-order chi connectivity index (χ1) is 5.86. The Morgan fingerprint density at radius 2 is 2.42 bits per heavy atom. The van der Waals surface area contributed by atoms with Crippen LogP contribution in [0.3, 0.4) is 0 Å². The first-order valence-electron chi connectivity index (χ1n) is 4.20. The van der Waals surface area contributed by atoms with E-state index in [4.69, 9.17) is 11.6 Å². The SMILES string of the molecule is Clc1cccnc1NCC1CC1. The summed E-state index contributed by atoms with van der Waals surface area (Å²) in [5.74, 6) is 1.66. The molecule has 0 unspecified atom stereocenters. The Labute approximate surface area is 77.0 Å². The maximum Gasteiger partial charge on any atom is 0.144 e. The summed E-state index contributed by atoms with van der Waals surface area (Å²) < 4.78 is 0. The Balaban J connectivity index is 1.96. The van der Waals surface area contributed by atoms with Crippen LogP contribution in [0.5, 0.6) is 0 Å². The molecule has 3 heteroatoms. The molecular formula is C9H11ClN2. The minimum atomic E-state index is 0.707. The molecule has 0 atom stereocenters. The van der Waals surface area contributed by atoms with E-state index in [1.54, 1.807) is 6.20 Å². The zero-order valence-corrected chi connectivity index (χ0v) is 7.51. The predicted molar refractivity (Wildman–Crippen MR) is 50.5 cm³/mol. The minimum absolute atomic E-state index is 0.707. The topological polar surface area (TPSA) is 24.9 Å². The van der Waals surface area contributed by atoms with Crippen molar-refractivity contribution in [1.82, 2.24) is 4.98 Å². The second kappa shape index (κ2) is 3.31. The van der Waals surface area contributed by atoms with E-state index in [2.05, 4.69) is 10.3 Å². The minimum Gasteiger partial charge on any atom is -0.369 e. The average molecular weight is 183 g/mol. The van der Waals surface area contributed by atoms with Crippen molar-refractivity contribution < 1.29 is 0 Å². The molecule has 2 nitrogen and oxygen atoms in total. The van der Waals surface area contributed by atoms with Crippen molar-refractivity contribution in [2.24, 2.45) is 5.92 Å². The average Bonchev–Trinajstić information content (AvgIpc) is 2.86. The number of hydrogen-bond acceptors (Lipinski definition) is 2. The van der Waals surface area contributed by atoms with Crippen LogP contribution in [0, 0.1) is 5.92 Å². The standard InChI is InChI=1S/C9H11ClN2/c10-8-2-1-5-11-9(8)12-6-7-3-4-7/h1-2,5,7H,3-4,6H2,(H,11,12). The molecule has 0 amide bonds. The third-order valence-corrected chi connectivity index (χ3v) is 2.32. The normalized spacial score (nSPS) is 16.1. The number of halogens is 1. The fourth-order valence-electron chi connectivity index (χ4n) is 1.08. The van der Waals surface area contributed by atoms with Crippen molar-refractivity contribution in [1.29, 1.82) is 0 Å². The number of aromatic nitrogens is 1. The zero-order valence-electron chi connectivity index (χ0n) is 6.76. The summed E-state index contributed by atoms with van der Waals surface area (Å²) in [5.41, 5.74) is 0. The van der Waals surface area contributed by atoms with Crippen LogP contribution in [-0.4, -0.2) is 11.5 Å². The Kier molecular flexibility index (Phi) is 2.17. The first-order valence-corrected chi connectivity index (χ1v) is 4.58. The Morgan fingerprint density at radius 1 is 1.58 bits per heavy atom. The maximum atomic E-state index is 5.90. The van der Waals surface area contributed by atoms with Gasteiger partial charge in [-0.25, -0.2) is 4.98 Å². The van der Waals surface area contributed by atoms with Gasteiger partial charge in [0.05, 0.1) is 5.02 Å². The second-order valence-corrected chi connectivity index (χ2v) is 3.57. The van der Waals surface area contributed by atoms with Crippen molar-refractivity contribution in [3.05, 3.63) is 23.4 Å². The molecule has 1 N–H and O–H groups in total. The van der Waals surface area contributed by atoms with Crippen molar-refractivity contribution in [2.75, 3.05) is 11.9 Å². The van der Waals surface area contributed by atoms with Crippen molar-refractivity contribution in [2.45, 2.75) is 12.8 Å². The third kappa shape index (κ3) is 1.89. The molecule has 1 saturated carbocycles. The monoisotopic (exact) mass is 182 g/mol. The van der Waals surface area contributed by atoms with E-state index in [9.17, 15) is 0 Å². The van der Waals surface area contributed by atoms with Crippen LogP contribution in [0.15, 0.2) is 18.3 Å². The molecule has 1 aliphatic carbocycles. The molecule has 0 aromatic carbocycles. The molecule has 0 bridgehead atoms. The highest BCUT2D eigenvalue weighted by Gasteiger charge is 2.20. The van der Waals surface area contributed by atoms with Gasteiger partial charge >= 0.3 is 0 Å². The van der Waals surface area contributed by atoms with E-state index >= 15 is 0 Å². The summed E-state index contributed by atoms with van der Waals surface area (Å²) in [6.07, 6.45) is 4.44. The molecule has 0 aliphatic heterocycles. The van der Waals surface area contributed by atoms with Gasteiger partial charge in [0.25, 0.3) is 0 Å². The summed E-state index contributed by atoms with van der Waals surface area (Å²) in [6.45, 7) is 1.01. The van der Waals surface area contributed by atoms with Crippen molar-refractivity contribution in [3.63, 3.8) is 0 Å². The number of hydrogen-bond donors (Lipinski definition) is 1. The lowest BCUT2D eigenvalue weighted by atomic mass is 10.4. The number of nitrogens with one attached hydrogen (secondary N) is 1. The molecule has 1 aromatic heterocycles. The van der Waals surface area contributed by atoms with Crippen LogP contribution in [0.2, 0.25) is 5.02 Å². The molecule has 0 radical (unpaired) electrons. The third-order valence-electron chi connectivity index (χ3n) is 2.01. The summed E-state index contributed by atoms with van der Waals surface area (Å²) in [4.78, 5) is 4.13. The lowest BCUT2D eigenvalue weighted by Gasteiger charge is -2.04. The van der Waals surface area contributed by atoms with Gasteiger partial charge in [-0.05, 0) is 30.9 Å². The molecule has 2 rings (SSSR count). The molecule has 1 fully saturated rings. The van der Waals surface area contributed by atoms with Crippen molar-refractivity contribution >= 4 is 17.4 Å². The van der Waals surface area contributed by atoms with E-state index in [0.29, 0.717) is 5.02 Å². The van der Waals surface area contributed by atoms with E-state index in [0.717, 1.165) is 18.3 Å². The number of pyridine rings is 1. The second-order valence-electron chi connectivity index (χ2n) is 3.16. The van der Waals surface area contributed by atoms with Crippen molar-refractivity contribution in [3.8, 4) is 0 Å². The molecule has 64 valence electrons. The highest BCUT2D eigenvalue weighted by molar-refractivity contribution is 6.32. The van der Waals surface area contributed by atoms with Gasteiger partial charge in [0.15, 0.2) is 0 Å². The van der Waals surface area contributed by atoms with Gasteiger partial charge in [-0.2, -0.15) is 0 Å². The molecule has 12 heavy (non-hydrogen) atoms. The summed E-state index contributed by atoms with van der Waals surface area (Å²) in [7, 11) is 0. The van der Waals surface area contributed by atoms with Crippen LogP contribution in [0.4, 0.5) is 5.82 Å². The fraction of sp³-hybridized carbons (Fsp3) is 0.444. The maximum absolute atomic E-state index is 5.90. The summed E-state index contributed by atoms with van der Waals surface area (Å²) >= 11 is 5.90. The summed E-state index contributed by atoms with van der Waals surface area (Å²) in [5, 5.41) is 3.94. The summed E-state index contributed by atoms with van der Waals surface area (Å²) in [6, 6.07) is 3.69. The highest BCUT2D eigenvalue weighted by atomic mass is 35.5. The van der Waals surface area contributed by atoms with E-state index in [1.165, 1.54) is 12.8 Å². The number of rotatable bonds is 3. The Bertz CT molecular complexity index is 271. The largest absolute Gasteiger partial charge is 0.369 e. The Hall–Kier alpha value is -0.760. The van der Waals surface area contributed by atoms with Gasteiger partial charge in [-0.15, -0.1) is 0 Å². The fourth-order valence-corrected chi connectivity index (χ4v) is 1.27. The lowest BCUT2D eigenvalue weighted by molar-refractivity contribution is 0.883. The van der Waals surface area contributed by atoms with Gasteiger partial charge in [-0.3, -0.25) is 0 Å². The molecule has 1 heterocycles. The van der Waals surface area contributed by atoms with Crippen LogP contribution in [0.1, 0.15) is 12.8 Å². The lowest BCUT2D eigenvalue weighted by Crippen LogP contribution is -2.04. The van der Waals surface area contributed by atoms with Gasteiger partial charge in [-0.1, -0.05) is 11.6 Å². The van der Waals surface area contributed by atoms with E-state index in [1.807, 2.05) is 12.1 Å². The first kappa shape index (κ1) is 7.87. The van der Waals surface area contributed by atoms with Crippen LogP contribution in [0.25, 0.3) is 0 Å². The van der Waals surface area contributed by atoms with E-state index < -0.39 is 0 Å². The zero-order chi connectivity index (χ0) is 8.39. The molecular weight excluding hydrogens is 172 g/mol. The highest BCUT2D eigenvalue weighted by Crippen LogP contribution is 2.29. The smallest absolute Gasteiger partial charge is 0.144 e. The van der Waals surface area contributed by atoms with Crippen LogP contribution in [-0.2, 0) is 0 Å². The molecule has 1 aromatic rings. The van der Waals surface area contributed by atoms with Gasteiger partial charge in [0, 0.05) is 12.7 Å². The Morgan fingerprint density at radius 3 is 3.08 bits per heavy atom.